The van der Waals surface area contributed by atoms with Crippen LogP contribution < -0.4 is 0 Å². The van der Waals surface area contributed by atoms with E-state index < -0.39 is 0 Å². The summed E-state index contributed by atoms with van der Waals surface area (Å²) in [4.78, 5) is 1.36. The molecule has 0 bridgehead atoms. The second-order valence-electron chi connectivity index (χ2n) is 1.67. The first kappa shape index (κ1) is 7.63. The Balaban J connectivity index is 2.98. The lowest BCUT2D eigenvalue weighted by Crippen LogP contribution is -1.53. The van der Waals surface area contributed by atoms with E-state index in [1.165, 1.54) is 13.6 Å². The van der Waals surface area contributed by atoms with E-state index >= 15 is 0 Å². The van der Waals surface area contributed by atoms with Gasteiger partial charge in [0.15, 0.2) is 0 Å². The third-order valence-corrected chi connectivity index (χ3v) is 4.24. The number of hydrogen-bond donors (Lipinski definition) is 0. The van der Waals surface area contributed by atoms with Gasteiger partial charge >= 0.3 is 0 Å². The van der Waals surface area contributed by atoms with Gasteiger partial charge in [-0.3, -0.25) is 0 Å². The van der Waals surface area contributed by atoms with Crippen molar-refractivity contribution < 1.29 is 0 Å². The molecular weight excluding hydrogens is 216 g/mol. The van der Waals surface area contributed by atoms with Crippen LogP contribution in [0.15, 0.2) is 14.7 Å². The van der Waals surface area contributed by atoms with Crippen LogP contribution in [0.25, 0.3) is 0 Å². The minimum atomic E-state index is 1.23. The number of aryl methyl sites for hydroxylation is 1. The first-order valence-corrected chi connectivity index (χ1v) is 5.37. The molecule has 0 unspecified atom stereocenters. The molecule has 0 saturated carbocycles. The normalized spacial score (nSPS) is 10.1. The van der Waals surface area contributed by atoms with Gasteiger partial charge < -0.3 is 0 Å². The SMILES string of the molecule is CSc1cc(Br)c(C)s1. The smallest absolute Gasteiger partial charge is 0.0610 e. The number of halogens is 1. The molecule has 0 aliphatic rings. The number of thiophene rings is 1. The maximum absolute atomic E-state index is 3.45. The van der Waals surface area contributed by atoms with Crippen molar-refractivity contribution in [2.24, 2.45) is 0 Å². The van der Waals surface area contributed by atoms with Crippen molar-refractivity contribution in [3.8, 4) is 0 Å². The Labute approximate surface area is 71.8 Å². The minimum absolute atomic E-state index is 1.23. The van der Waals surface area contributed by atoms with Crippen LogP contribution in [0.1, 0.15) is 4.88 Å². The van der Waals surface area contributed by atoms with Gasteiger partial charge in [0, 0.05) is 9.35 Å². The lowest BCUT2D eigenvalue weighted by molar-refractivity contribution is 1.57. The molecule has 1 rings (SSSR count). The topological polar surface area (TPSA) is 0 Å². The summed E-state index contributed by atoms with van der Waals surface area (Å²) in [6.07, 6.45) is 2.09. The van der Waals surface area contributed by atoms with Gasteiger partial charge in [-0.15, -0.1) is 23.1 Å². The molecule has 3 heteroatoms. The first-order valence-electron chi connectivity index (χ1n) is 2.54. The van der Waals surface area contributed by atoms with Gasteiger partial charge in [-0.25, -0.2) is 0 Å². The molecule has 0 aliphatic carbocycles. The predicted octanol–water partition coefficient (Wildman–Crippen LogP) is 3.54. The molecular formula is C6H7BrS2. The predicted molar refractivity (Wildman–Crippen MR) is 48.5 cm³/mol. The van der Waals surface area contributed by atoms with E-state index in [2.05, 4.69) is 35.2 Å². The van der Waals surface area contributed by atoms with Crippen molar-refractivity contribution in [3.05, 3.63) is 15.4 Å². The van der Waals surface area contributed by atoms with Crippen molar-refractivity contribution >= 4 is 39.0 Å². The summed E-state index contributed by atoms with van der Waals surface area (Å²) in [7, 11) is 0. The Kier molecular flexibility index (Phi) is 2.61. The lowest BCUT2D eigenvalue weighted by atomic mass is 10.5. The van der Waals surface area contributed by atoms with E-state index in [9.17, 15) is 0 Å². The van der Waals surface area contributed by atoms with Gasteiger partial charge in [-0.2, -0.15) is 0 Å². The molecule has 0 N–H and O–H groups in total. The van der Waals surface area contributed by atoms with E-state index in [0.717, 1.165) is 0 Å². The molecule has 0 aliphatic heterocycles. The van der Waals surface area contributed by atoms with Gasteiger partial charge in [-0.1, -0.05) is 0 Å². The second kappa shape index (κ2) is 3.08. The molecule has 0 fully saturated rings. The summed E-state index contributed by atoms with van der Waals surface area (Å²) in [5.41, 5.74) is 0. The summed E-state index contributed by atoms with van der Waals surface area (Å²) < 4.78 is 2.61. The van der Waals surface area contributed by atoms with Crippen molar-refractivity contribution in [3.63, 3.8) is 0 Å². The van der Waals surface area contributed by atoms with E-state index in [-0.39, 0.29) is 0 Å². The highest BCUT2D eigenvalue weighted by Gasteiger charge is 1.99. The minimum Gasteiger partial charge on any atom is -0.133 e. The number of hydrogen-bond acceptors (Lipinski definition) is 2. The highest BCUT2D eigenvalue weighted by Crippen LogP contribution is 2.31. The van der Waals surface area contributed by atoms with Crippen molar-refractivity contribution in [2.45, 2.75) is 11.1 Å². The molecule has 0 saturated heterocycles. The molecule has 0 atom stereocenters. The summed E-state index contributed by atoms with van der Waals surface area (Å²) >= 11 is 7.08. The largest absolute Gasteiger partial charge is 0.133 e. The highest BCUT2D eigenvalue weighted by molar-refractivity contribution is 9.10. The fourth-order valence-corrected chi connectivity index (χ4v) is 2.89. The van der Waals surface area contributed by atoms with E-state index in [4.69, 9.17) is 0 Å². The summed E-state index contributed by atoms with van der Waals surface area (Å²) in [5.74, 6) is 0. The molecule has 0 aromatic carbocycles. The van der Waals surface area contributed by atoms with E-state index in [1.54, 1.807) is 11.8 Å². The molecule has 0 spiro atoms. The maximum Gasteiger partial charge on any atom is 0.0610 e. The first-order chi connectivity index (χ1) is 4.24. The quantitative estimate of drug-likeness (QED) is 0.656. The Morgan fingerprint density at radius 1 is 1.67 bits per heavy atom. The van der Waals surface area contributed by atoms with Gasteiger partial charge in [0.25, 0.3) is 0 Å². The van der Waals surface area contributed by atoms with Crippen LogP contribution in [0, 0.1) is 6.92 Å². The summed E-state index contributed by atoms with van der Waals surface area (Å²) in [6, 6.07) is 2.16. The molecule has 0 nitrogen and oxygen atoms in total. The van der Waals surface area contributed by atoms with Crippen molar-refractivity contribution in [1.82, 2.24) is 0 Å². The Morgan fingerprint density at radius 3 is 2.56 bits per heavy atom. The van der Waals surface area contributed by atoms with Crippen LogP contribution in [0.5, 0.6) is 0 Å². The van der Waals surface area contributed by atoms with E-state index in [0.29, 0.717) is 0 Å². The number of rotatable bonds is 1. The highest BCUT2D eigenvalue weighted by atomic mass is 79.9. The Bertz CT molecular complexity index is 185. The van der Waals surface area contributed by atoms with Crippen LogP contribution in [0.4, 0.5) is 0 Å². The monoisotopic (exact) mass is 222 g/mol. The van der Waals surface area contributed by atoms with Crippen LogP contribution in [-0.4, -0.2) is 6.26 Å². The van der Waals surface area contributed by atoms with Crippen LogP contribution in [0.2, 0.25) is 0 Å². The van der Waals surface area contributed by atoms with Gasteiger partial charge in [0.2, 0.25) is 0 Å². The van der Waals surface area contributed by atoms with Gasteiger partial charge in [0.05, 0.1) is 4.21 Å². The van der Waals surface area contributed by atoms with Gasteiger partial charge in [0.1, 0.15) is 0 Å². The zero-order valence-electron chi connectivity index (χ0n) is 5.27. The molecule has 50 valence electrons. The molecule has 1 aromatic rings. The maximum atomic E-state index is 3.45. The van der Waals surface area contributed by atoms with Crippen molar-refractivity contribution in [2.75, 3.05) is 6.26 Å². The zero-order valence-corrected chi connectivity index (χ0v) is 8.49. The zero-order chi connectivity index (χ0) is 6.85. The molecule has 1 aromatic heterocycles. The summed E-state index contributed by atoms with van der Waals surface area (Å²) in [5, 5.41) is 0. The van der Waals surface area contributed by atoms with Crippen LogP contribution in [0.3, 0.4) is 0 Å². The Hall–Kier alpha value is 0.530. The third kappa shape index (κ3) is 1.72. The molecule has 0 amide bonds. The molecule has 9 heavy (non-hydrogen) atoms. The van der Waals surface area contributed by atoms with Crippen LogP contribution >= 0.6 is 39.0 Å². The standard InChI is InChI=1S/C6H7BrS2/c1-4-5(7)3-6(8-2)9-4/h3H,1-2H3. The third-order valence-electron chi connectivity index (χ3n) is 1.04. The fourth-order valence-electron chi connectivity index (χ4n) is 0.535. The average Bonchev–Trinajstić information content (AvgIpc) is 2.13. The molecule has 1 heterocycles. The second-order valence-corrected chi connectivity index (χ2v) is 4.89. The van der Waals surface area contributed by atoms with Gasteiger partial charge in [-0.05, 0) is 35.2 Å². The average molecular weight is 223 g/mol. The molecule has 0 radical (unpaired) electrons. The summed E-state index contributed by atoms with van der Waals surface area (Å²) in [6.45, 7) is 2.12. The van der Waals surface area contributed by atoms with Crippen molar-refractivity contribution in [1.29, 1.82) is 0 Å². The van der Waals surface area contributed by atoms with E-state index in [1.807, 2.05) is 11.3 Å². The number of thioether (sulfide) groups is 1. The lowest BCUT2D eigenvalue weighted by Gasteiger charge is -1.80. The van der Waals surface area contributed by atoms with Crippen LogP contribution in [-0.2, 0) is 0 Å². The fraction of sp³-hybridized carbons (Fsp3) is 0.333. The Morgan fingerprint density at radius 2 is 2.33 bits per heavy atom.